The molecule has 4 fully saturated rings. The largest absolute Gasteiger partial charge is 0.394 e. The minimum absolute atomic E-state index is 0.00594. The van der Waals surface area contributed by atoms with Gasteiger partial charge in [-0.15, -0.1) is 0 Å². The number of aldehydes is 1. The summed E-state index contributed by atoms with van der Waals surface area (Å²) >= 11 is 0. The van der Waals surface area contributed by atoms with Crippen LogP contribution in [0.4, 0.5) is 0 Å². The molecular weight excluding hydrogens is 480 g/mol. The highest BCUT2D eigenvalue weighted by atomic mass is 16.7. The number of ether oxygens (including phenoxy) is 6. The molecule has 6 unspecified atom stereocenters. The summed E-state index contributed by atoms with van der Waals surface area (Å²) in [6.07, 6.45) is -8.85. The van der Waals surface area contributed by atoms with Gasteiger partial charge in [0.1, 0.15) is 55.1 Å². The zero-order chi connectivity index (χ0) is 26.0. The maximum absolute atomic E-state index is 11.5. The number of hydrogen-bond acceptors (Lipinski definition) is 12. The van der Waals surface area contributed by atoms with E-state index in [9.17, 15) is 30.3 Å². The Morgan fingerprint density at radius 2 is 1.61 bits per heavy atom. The normalized spacial score (nSPS) is 50.5. The third kappa shape index (κ3) is 5.94. The molecule has 4 rings (SSSR count). The van der Waals surface area contributed by atoms with Crippen molar-refractivity contribution in [1.82, 2.24) is 0 Å². The fraction of sp³-hybridized carbons (Fsp3) is 0.958. The Hall–Kier alpha value is -0.770. The molecule has 1 aliphatic carbocycles. The quantitative estimate of drug-likeness (QED) is 0.260. The van der Waals surface area contributed by atoms with E-state index < -0.39 is 86.3 Å². The van der Waals surface area contributed by atoms with Crippen LogP contribution < -0.4 is 0 Å². The van der Waals surface area contributed by atoms with Crippen LogP contribution in [0.2, 0.25) is 0 Å². The molecule has 3 saturated heterocycles. The van der Waals surface area contributed by atoms with E-state index in [0.29, 0.717) is 32.2 Å². The van der Waals surface area contributed by atoms with Gasteiger partial charge >= 0.3 is 0 Å². The average Bonchev–Trinajstić information content (AvgIpc) is 2.85. The van der Waals surface area contributed by atoms with E-state index in [4.69, 9.17) is 28.4 Å². The number of aliphatic hydroxyl groups excluding tert-OH is 5. The van der Waals surface area contributed by atoms with E-state index in [1.54, 1.807) is 6.92 Å². The summed E-state index contributed by atoms with van der Waals surface area (Å²) < 4.78 is 35.9. The van der Waals surface area contributed by atoms with Gasteiger partial charge in [-0.2, -0.15) is 0 Å². The van der Waals surface area contributed by atoms with Crippen LogP contribution in [0.25, 0.3) is 0 Å². The van der Waals surface area contributed by atoms with Gasteiger partial charge < -0.3 is 58.7 Å². The van der Waals surface area contributed by atoms with E-state index in [0.717, 1.165) is 12.8 Å². The van der Waals surface area contributed by atoms with Crippen molar-refractivity contribution >= 4 is 6.29 Å². The minimum atomic E-state index is -1.45. The molecule has 4 aliphatic rings. The van der Waals surface area contributed by atoms with Gasteiger partial charge in [-0.25, -0.2) is 0 Å². The maximum Gasteiger partial charge on any atom is 0.187 e. The topological polar surface area (TPSA) is 174 Å². The molecule has 3 heterocycles. The summed E-state index contributed by atoms with van der Waals surface area (Å²) in [6.45, 7) is 3.40. The van der Waals surface area contributed by atoms with Crippen molar-refractivity contribution in [3.05, 3.63) is 0 Å². The lowest BCUT2D eigenvalue weighted by atomic mass is 9.85. The van der Waals surface area contributed by atoms with Crippen LogP contribution in [0.15, 0.2) is 0 Å². The van der Waals surface area contributed by atoms with Crippen LogP contribution in [0.3, 0.4) is 0 Å². The lowest BCUT2D eigenvalue weighted by molar-refractivity contribution is -0.354. The third-order valence-electron chi connectivity index (χ3n) is 7.71. The Morgan fingerprint density at radius 1 is 0.833 bits per heavy atom. The average molecular weight is 521 g/mol. The molecule has 12 nitrogen and oxygen atoms in total. The Morgan fingerprint density at radius 3 is 2.33 bits per heavy atom. The molecule has 12 heteroatoms. The molecule has 0 amide bonds. The fourth-order valence-corrected chi connectivity index (χ4v) is 5.51. The molecular formula is C24H40O12. The molecule has 5 N–H and O–H groups in total. The van der Waals surface area contributed by atoms with E-state index in [1.165, 1.54) is 0 Å². The number of aliphatic hydroxyl groups is 5. The van der Waals surface area contributed by atoms with Crippen LogP contribution in [-0.2, 0) is 33.2 Å². The van der Waals surface area contributed by atoms with E-state index in [2.05, 4.69) is 0 Å². The van der Waals surface area contributed by atoms with Gasteiger partial charge in [0.2, 0.25) is 0 Å². The highest BCUT2D eigenvalue weighted by Crippen LogP contribution is 2.36. The number of carbonyl (C=O) groups is 1. The van der Waals surface area contributed by atoms with Gasteiger partial charge in [-0.05, 0) is 38.5 Å². The molecule has 0 aromatic carbocycles. The number of fused-ring (bicyclic) bond motifs is 1. The van der Waals surface area contributed by atoms with E-state index in [1.807, 2.05) is 6.92 Å². The molecule has 36 heavy (non-hydrogen) atoms. The second-order valence-electron chi connectivity index (χ2n) is 10.3. The first kappa shape index (κ1) is 28.2. The predicted octanol–water partition coefficient (Wildman–Crippen LogP) is -1.39. The summed E-state index contributed by atoms with van der Waals surface area (Å²) in [6, 6.07) is 0. The van der Waals surface area contributed by atoms with Crippen molar-refractivity contribution in [3.8, 4) is 0 Å². The second-order valence-corrected chi connectivity index (χ2v) is 10.3. The van der Waals surface area contributed by atoms with E-state index >= 15 is 0 Å². The summed E-state index contributed by atoms with van der Waals surface area (Å²) in [4.78, 5) is 11.5. The predicted molar refractivity (Wildman–Crippen MR) is 121 cm³/mol. The van der Waals surface area contributed by atoms with Gasteiger partial charge in [0.25, 0.3) is 0 Å². The van der Waals surface area contributed by atoms with Crippen LogP contribution >= 0.6 is 0 Å². The summed E-state index contributed by atoms with van der Waals surface area (Å²) in [5.74, 6) is 0.00594. The zero-order valence-electron chi connectivity index (χ0n) is 20.7. The van der Waals surface area contributed by atoms with Gasteiger partial charge in [-0.1, -0.05) is 13.3 Å². The molecule has 14 atom stereocenters. The van der Waals surface area contributed by atoms with Crippen LogP contribution in [0.5, 0.6) is 0 Å². The summed E-state index contributed by atoms with van der Waals surface area (Å²) in [7, 11) is 0. The Labute approximate surface area is 210 Å². The first-order valence-corrected chi connectivity index (χ1v) is 12.9. The Balaban J connectivity index is 1.51. The zero-order valence-corrected chi connectivity index (χ0v) is 20.7. The van der Waals surface area contributed by atoms with Gasteiger partial charge in [0.05, 0.1) is 24.9 Å². The number of hydrogen-bond donors (Lipinski definition) is 5. The Bertz CT molecular complexity index is 711. The smallest absolute Gasteiger partial charge is 0.187 e. The SMILES string of the molecule is CC1O[C@@H](O[C@@H]2C(C)CCC[C@H]2O[C@@H]2OC(CO)[C@H](O)C3O[C@@H](C=O)CCCOC32)[C@@H](O)C(O)[C@@H]1O. The molecule has 0 spiro atoms. The number of rotatable bonds is 6. The van der Waals surface area contributed by atoms with Gasteiger partial charge in [0, 0.05) is 6.61 Å². The molecule has 1 saturated carbocycles. The van der Waals surface area contributed by atoms with Crippen LogP contribution in [-0.4, -0.2) is 125 Å². The monoisotopic (exact) mass is 520 g/mol. The van der Waals surface area contributed by atoms with E-state index in [-0.39, 0.29) is 5.92 Å². The standard InChI is InChI=1S/C24H40O12/c1-11-5-3-7-14(20(11)36-23-19(30)18(29)16(27)12(2)32-23)34-24-22-21(17(28)15(10-26)35-24)33-13(9-25)6-4-8-31-22/h9,11-24,26-30H,3-8,10H2,1-2H3/t11?,12?,13-,14-,15?,16-,17+,18?,19+,20-,21?,22?,23+,24-/m1/s1. The van der Waals surface area contributed by atoms with Crippen molar-refractivity contribution in [2.45, 2.75) is 126 Å². The molecule has 208 valence electrons. The summed E-state index contributed by atoms with van der Waals surface area (Å²) in [5, 5.41) is 51.2. The van der Waals surface area contributed by atoms with Crippen molar-refractivity contribution in [3.63, 3.8) is 0 Å². The van der Waals surface area contributed by atoms with Crippen molar-refractivity contribution in [2.24, 2.45) is 5.92 Å². The molecule has 3 aliphatic heterocycles. The number of carbonyl (C=O) groups excluding carboxylic acids is 1. The molecule has 0 aromatic rings. The van der Waals surface area contributed by atoms with Crippen LogP contribution in [0, 0.1) is 5.92 Å². The molecule has 0 bridgehead atoms. The Kier molecular flexibility index (Phi) is 9.72. The molecule has 0 radical (unpaired) electrons. The van der Waals surface area contributed by atoms with Gasteiger partial charge in [0.15, 0.2) is 12.6 Å². The van der Waals surface area contributed by atoms with Crippen LogP contribution in [0.1, 0.15) is 46.0 Å². The van der Waals surface area contributed by atoms with Crippen molar-refractivity contribution < 1.29 is 58.7 Å². The lowest BCUT2D eigenvalue weighted by Crippen LogP contribution is -2.63. The highest BCUT2D eigenvalue weighted by molar-refractivity contribution is 5.55. The molecule has 0 aromatic heterocycles. The summed E-state index contributed by atoms with van der Waals surface area (Å²) in [5.41, 5.74) is 0. The minimum Gasteiger partial charge on any atom is -0.394 e. The second kappa shape index (κ2) is 12.4. The van der Waals surface area contributed by atoms with Crippen molar-refractivity contribution in [2.75, 3.05) is 13.2 Å². The third-order valence-corrected chi connectivity index (χ3v) is 7.71. The lowest BCUT2D eigenvalue weighted by Gasteiger charge is -2.48. The van der Waals surface area contributed by atoms with Gasteiger partial charge in [-0.3, -0.25) is 0 Å². The first-order chi connectivity index (χ1) is 17.2. The first-order valence-electron chi connectivity index (χ1n) is 12.9. The maximum atomic E-state index is 11.5. The highest BCUT2D eigenvalue weighted by Gasteiger charge is 2.51. The van der Waals surface area contributed by atoms with Crippen molar-refractivity contribution in [1.29, 1.82) is 0 Å². The fourth-order valence-electron chi connectivity index (χ4n) is 5.51.